The summed E-state index contributed by atoms with van der Waals surface area (Å²) in [4.78, 5) is 0. The molecule has 0 amide bonds. The summed E-state index contributed by atoms with van der Waals surface area (Å²) in [6.45, 7) is 6.53. The van der Waals surface area contributed by atoms with Gasteiger partial charge >= 0.3 is 0 Å². The molecule has 0 heterocycles. The number of rotatable bonds is 6. The van der Waals surface area contributed by atoms with Gasteiger partial charge in [-0.15, -0.1) is 0 Å². The van der Waals surface area contributed by atoms with Gasteiger partial charge in [-0.1, -0.05) is 29.8 Å². The molecule has 0 aliphatic rings. The Kier molecular flexibility index (Phi) is 5.62. The molecule has 0 bridgehead atoms. The van der Waals surface area contributed by atoms with Crippen LogP contribution in [0.2, 0.25) is 0 Å². The lowest BCUT2D eigenvalue weighted by atomic mass is 10.0. The van der Waals surface area contributed by atoms with Crippen LogP contribution in [0.3, 0.4) is 0 Å². The average molecular weight is 236 g/mol. The lowest BCUT2D eigenvalue weighted by molar-refractivity contribution is 0.168. The average Bonchev–Trinajstić information content (AvgIpc) is 2.24. The summed E-state index contributed by atoms with van der Waals surface area (Å²) in [7, 11) is 0. The van der Waals surface area contributed by atoms with Crippen molar-refractivity contribution >= 4 is 0 Å². The first-order valence-corrected chi connectivity index (χ1v) is 6.23. The summed E-state index contributed by atoms with van der Waals surface area (Å²) in [5, 5.41) is 12.8. The zero-order valence-corrected chi connectivity index (χ0v) is 11.0. The topological polar surface area (TPSA) is 58.3 Å². The standard InChI is InChI=1S/C14H24N2O/c1-10-5-4-6-13(7-10)14(9-15)16-11(2)8-12(3)17/h4-7,11-12,14,16-17H,8-9,15H2,1-3H3. The molecule has 4 N–H and O–H groups in total. The molecule has 3 nitrogen and oxygen atoms in total. The van der Waals surface area contributed by atoms with Crippen LogP contribution in [0.1, 0.15) is 37.4 Å². The van der Waals surface area contributed by atoms with Gasteiger partial charge in [0.2, 0.25) is 0 Å². The van der Waals surface area contributed by atoms with Gasteiger partial charge in [0.25, 0.3) is 0 Å². The Morgan fingerprint density at radius 3 is 2.59 bits per heavy atom. The number of hydrogen-bond donors (Lipinski definition) is 3. The molecule has 0 aliphatic heterocycles. The first kappa shape index (κ1) is 14.2. The monoisotopic (exact) mass is 236 g/mol. The van der Waals surface area contributed by atoms with Crippen LogP contribution in [-0.2, 0) is 0 Å². The fourth-order valence-corrected chi connectivity index (χ4v) is 2.11. The number of nitrogens with two attached hydrogens (primary N) is 1. The van der Waals surface area contributed by atoms with Crippen molar-refractivity contribution in [1.82, 2.24) is 5.32 Å². The van der Waals surface area contributed by atoms with Crippen molar-refractivity contribution in [2.45, 2.75) is 45.4 Å². The first-order valence-electron chi connectivity index (χ1n) is 6.23. The molecule has 1 rings (SSSR count). The van der Waals surface area contributed by atoms with Gasteiger partial charge in [0.15, 0.2) is 0 Å². The van der Waals surface area contributed by atoms with Crippen molar-refractivity contribution in [1.29, 1.82) is 0 Å². The van der Waals surface area contributed by atoms with E-state index in [1.165, 1.54) is 11.1 Å². The van der Waals surface area contributed by atoms with E-state index in [1.54, 1.807) is 0 Å². The van der Waals surface area contributed by atoms with Gasteiger partial charge in [-0.05, 0) is 32.8 Å². The third-order valence-corrected chi connectivity index (χ3v) is 2.86. The molecule has 17 heavy (non-hydrogen) atoms. The van der Waals surface area contributed by atoms with Crippen molar-refractivity contribution in [2.75, 3.05) is 6.54 Å². The van der Waals surface area contributed by atoms with Crippen molar-refractivity contribution < 1.29 is 5.11 Å². The molecule has 0 spiro atoms. The van der Waals surface area contributed by atoms with Gasteiger partial charge in [0.05, 0.1) is 6.10 Å². The molecule has 1 aromatic rings. The zero-order chi connectivity index (χ0) is 12.8. The molecule has 3 atom stereocenters. The molecule has 3 unspecified atom stereocenters. The predicted molar refractivity (Wildman–Crippen MR) is 71.9 cm³/mol. The van der Waals surface area contributed by atoms with Gasteiger partial charge < -0.3 is 16.2 Å². The van der Waals surface area contributed by atoms with Gasteiger partial charge in [0.1, 0.15) is 0 Å². The fraction of sp³-hybridized carbons (Fsp3) is 0.571. The van der Waals surface area contributed by atoms with E-state index < -0.39 is 0 Å². The van der Waals surface area contributed by atoms with E-state index >= 15 is 0 Å². The molecule has 0 aliphatic carbocycles. The largest absolute Gasteiger partial charge is 0.393 e. The van der Waals surface area contributed by atoms with E-state index in [0.29, 0.717) is 6.54 Å². The van der Waals surface area contributed by atoms with Crippen LogP contribution >= 0.6 is 0 Å². The van der Waals surface area contributed by atoms with Crippen LogP contribution in [0.25, 0.3) is 0 Å². The number of aryl methyl sites for hydroxylation is 1. The fourth-order valence-electron chi connectivity index (χ4n) is 2.11. The Balaban J connectivity index is 2.65. The number of benzene rings is 1. The molecular weight excluding hydrogens is 212 g/mol. The maximum Gasteiger partial charge on any atom is 0.0526 e. The third-order valence-electron chi connectivity index (χ3n) is 2.86. The molecular formula is C14H24N2O. The minimum absolute atomic E-state index is 0.156. The van der Waals surface area contributed by atoms with Gasteiger partial charge in [-0.3, -0.25) is 0 Å². The summed E-state index contributed by atoms with van der Waals surface area (Å²) < 4.78 is 0. The van der Waals surface area contributed by atoms with Gasteiger partial charge in [0, 0.05) is 18.6 Å². The number of nitrogens with one attached hydrogen (secondary N) is 1. The maximum atomic E-state index is 9.35. The highest BCUT2D eigenvalue weighted by molar-refractivity contribution is 5.25. The highest BCUT2D eigenvalue weighted by Gasteiger charge is 2.14. The Morgan fingerprint density at radius 2 is 2.06 bits per heavy atom. The summed E-state index contributed by atoms with van der Waals surface area (Å²) in [6, 6.07) is 8.78. The smallest absolute Gasteiger partial charge is 0.0526 e. The second-order valence-corrected chi connectivity index (χ2v) is 4.85. The van der Waals surface area contributed by atoms with Crippen LogP contribution in [0.15, 0.2) is 24.3 Å². The highest BCUT2D eigenvalue weighted by atomic mass is 16.3. The first-order chi connectivity index (χ1) is 8.02. The second-order valence-electron chi connectivity index (χ2n) is 4.85. The van der Waals surface area contributed by atoms with Crippen LogP contribution in [0, 0.1) is 6.92 Å². The molecule has 96 valence electrons. The van der Waals surface area contributed by atoms with Crippen molar-refractivity contribution in [3.8, 4) is 0 Å². The lowest BCUT2D eigenvalue weighted by Gasteiger charge is -2.23. The van der Waals surface area contributed by atoms with Crippen molar-refractivity contribution in [2.24, 2.45) is 5.73 Å². The van der Waals surface area contributed by atoms with Crippen LogP contribution in [-0.4, -0.2) is 23.8 Å². The number of aliphatic hydroxyl groups excluding tert-OH is 1. The zero-order valence-electron chi connectivity index (χ0n) is 11.0. The summed E-state index contributed by atoms with van der Waals surface area (Å²) >= 11 is 0. The minimum Gasteiger partial charge on any atom is -0.393 e. The predicted octanol–water partition coefficient (Wildman–Crippen LogP) is 1.74. The van der Waals surface area contributed by atoms with E-state index in [4.69, 9.17) is 5.73 Å². The van der Waals surface area contributed by atoms with Crippen molar-refractivity contribution in [3.05, 3.63) is 35.4 Å². The molecule has 0 fully saturated rings. The van der Waals surface area contributed by atoms with E-state index in [0.717, 1.165) is 6.42 Å². The maximum absolute atomic E-state index is 9.35. The van der Waals surface area contributed by atoms with Crippen LogP contribution < -0.4 is 11.1 Å². The second kappa shape index (κ2) is 6.74. The lowest BCUT2D eigenvalue weighted by Crippen LogP contribution is -2.36. The summed E-state index contributed by atoms with van der Waals surface area (Å²) in [6.07, 6.45) is 0.455. The van der Waals surface area contributed by atoms with Crippen molar-refractivity contribution in [3.63, 3.8) is 0 Å². The summed E-state index contributed by atoms with van der Waals surface area (Å²) in [5.41, 5.74) is 8.26. The van der Waals surface area contributed by atoms with E-state index in [-0.39, 0.29) is 18.2 Å². The molecule has 0 radical (unpaired) electrons. The van der Waals surface area contributed by atoms with Gasteiger partial charge in [-0.2, -0.15) is 0 Å². The van der Waals surface area contributed by atoms with E-state index in [9.17, 15) is 5.11 Å². The van der Waals surface area contributed by atoms with E-state index in [2.05, 4.69) is 37.4 Å². The van der Waals surface area contributed by atoms with E-state index in [1.807, 2.05) is 13.0 Å². The molecule has 0 saturated carbocycles. The minimum atomic E-state index is -0.284. The molecule has 1 aromatic carbocycles. The Bertz CT molecular complexity index is 339. The normalized spacial score (nSPS) is 16.5. The quantitative estimate of drug-likeness (QED) is 0.705. The van der Waals surface area contributed by atoms with Crippen LogP contribution in [0.5, 0.6) is 0 Å². The van der Waals surface area contributed by atoms with Gasteiger partial charge in [-0.25, -0.2) is 0 Å². The summed E-state index contributed by atoms with van der Waals surface area (Å²) in [5.74, 6) is 0. The SMILES string of the molecule is Cc1cccc(C(CN)NC(C)CC(C)O)c1. The number of aliphatic hydroxyl groups is 1. The Hall–Kier alpha value is -0.900. The van der Waals surface area contributed by atoms with Crippen LogP contribution in [0.4, 0.5) is 0 Å². The third kappa shape index (κ3) is 4.86. The molecule has 0 aromatic heterocycles. The highest BCUT2D eigenvalue weighted by Crippen LogP contribution is 2.15. The Labute approximate surface area is 104 Å². The molecule has 0 saturated heterocycles. The Morgan fingerprint density at radius 1 is 1.35 bits per heavy atom. The number of hydrogen-bond acceptors (Lipinski definition) is 3. The molecule has 3 heteroatoms.